The molecule has 0 aromatic heterocycles. The van der Waals surface area contributed by atoms with Crippen molar-refractivity contribution in [3.05, 3.63) is 72.3 Å². The Hall–Kier alpha value is -3.05. The monoisotopic (exact) mass is 459 g/mol. The van der Waals surface area contributed by atoms with Crippen LogP contribution in [0.4, 0.5) is 10.5 Å². The first-order chi connectivity index (χ1) is 16.6. The molecule has 1 atom stereocenters. The van der Waals surface area contributed by atoms with Crippen LogP contribution in [0.15, 0.2) is 66.7 Å². The number of anilines is 1. The predicted molar refractivity (Wildman–Crippen MR) is 140 cm³/mol. The molecule has 180 valence electrons. The zero-order valence-electron chi connectivity index (χ0n) is 20.5. The molecule has 0 aliphatic carbocycles. The van der Waals surface area contributed by atoms with Crippen molar-refractivity contribution in [1.29, 1.82) is 0 Å². The number of carbonyl (C=O) groups is 1. The molecule has 0 saturated carbocycles. The Kier molecular flexibility index (Phi) is 8.42. The summed E-state index contributed by atoms with van der Waals surface area (Å²) in [6.45, 7) is 8.44. The van der Waals surface area contributed by atoms with Crippen molar-refractivity contribution < 1.29 is 9.53 Å². The van der Waals surface area contributed by atoms with E-state index in [9.17, 15) is 4.79 Å². The van der Waals surface area contributed by atoms with Crippen LogP contribution in [-0.2, 0) is 6.54 Å². The Balaban J connectivity index is 1.46. The molecular weight excluding hydrogens is 422 g/mol. The fraction of sp³-hybridized carbons (Fsp3) is 0.414. The number of nitrogens with one attached hydrogen (secondary N) is 1. The summed E-state index contributed by atoms with van der Waals surface area (Å²) in [7, 11) is 0. The van der Waals surface area contributed by atoms with Crippen LogP contribution in [0, 0.1) is 0 Å². The van der Waals surface area contributed by atoms with Gasteiger partial charge in [0, 0.05) is 31.1 Å². The van der Waals surface area contributed by atoms with E-state index < -0.39 is 0 Å². The highest BCUT2D eigenvalue weighted by molar-refractivity contribution is 6.01. The van der Waals surface area contributed by atoms with Gasteiger partial charge in [-0.1, -0.05) is 55.0 Å². The van der Waals surface area contributed by atoms with E-state index in [2.05, 4.69) is 47.5 Å². The maximum Gasteiger partial charge on any atom is 0.322 e. The zero-order chi connectivity index (χ0) is 23.8. The molecular formula is C29H37N3O2. The fourth-order valence-electron chi connectivity index (χ4n) is 4.81. The summed E-state index contributed by atoms with van der Waals surface area (Å²) in [4.78, 5) is 18.0. The third-order valence-electron chi connectivity index (χ3n) is 6.74. The number of hydrogen-bond donors (Lipinski definition) is 1. The van der Waals surface area contributed by atoms with E-state index in [0.29, 0.717) is 25.7 Å². The molecule has 5 heteroatoms. The summed E-state index contributed by atoms with van der Waals surface area (Å²) in [6.07, 6.45) is 4.85. The van der Waals surface area contributed by atoms with Gasteiger partial charge in [0.25, 0.3) is 0 Å². The van der Waals surface area contributed by atoms with Gasteiger partial charge in [-0.25, -0.2) is 4.79 Å². The van der Waals surface area contributed by atoms with Crippen molar-refractivity contribution in [3.63, 3.8) is 0 Å². The largest absolute Gasteiger partial charge is 0.494 e. The summed E-state index contributed by atoms with van der Waals surface area (Å²) in [5, 5.41) is 5.36. The van der Waals surface area contributed by atoms with E-state index in [0.717, 1.165) is 40.7 Å². The molecule has 0 bridgehead atoms. The quantitative estimate of drug-likeness (QED) is 0.395. The van der Waals surface area contributed by atoms with Crippen LogP contribution >= 0.6 is 0 Å². The number of piperidine rings is 1. The number of nitrogens with zero attached hydrogens (tertiary/aromatic N) is 2. The van der Waals surface area contributed by atoms with Gasteiger partial charge >= 0.3 is 6.03 Å². The van der Waals surface area contributed by atoms with Gasteiger partial charge in [0.15, 0.2) is 0 Å². The number of fused-ring (bicyclic) bond motifs is 1. The number of likely N-dealkylation sites (tertiary alicyclic amines) is 1. The number of carbonyl (C=O) groups excluding carboxylic acids is 1. The molecule has 0 radical (unpaired) electrons. The van der Waals surface area contributed by atoms with Crippen molar-refractivity contribution >= 4 is 22.5 Å². The molecule has 1 aliphatic rings. The lowest BCUT2D eigenvalue weighted by Crippen LogP contribution is -2.40. The Bertz CT molecular complexity index is 1060. The maximum atomic E-state index is 13.5. The molecule has 5 nitrogen and oxygen atoms in total. The highest BCUT2D eigenvalue weighted by Crippen LogP contribution is 2.24. The van der Waals surface area contributed by atoms with Crippen LogP contribution in [0.2, 0.25) is 0 Å². The van der Waals surface area contributed by atoms with Crippen molar-refractivity contribution in [3.8, 4) is 5.75 Å². The number of hydrogen-bond acceptors (Lipinski definition) is 3. The maximum absolute atomic E-state index is 13.5. The average molecular weight is 460 g/mol. The highest BCUT2D eigenvalue weighted by Gasteiger charge is 2.20. The number of amides is 2. The molecule has 3 aromatic rings. The molecule has 34 heavy (non-hydrogen) atoms. The number of ether oxygens (including phenoxy) is 1. The first-order valence-electron chi connectivity index (χ1n) is 12.6. The summed E-state index contributed by atoms with van der Waals surface area (Å²) in [6, 6.07) is 22.8. The van der Waals surface area contributed by atoms with E-state index >= 15 is 0 Å². The van der Waals surface area contributed by atoms with Crippen LogP contribution in [0.5, 0.6) is 5.75 Å². The minimum Gasteiger partial charge on any atom is -0.494 e. The smallest absolute Gasteiger partial charge is 0.322 e. The summed E-state index contributed by atoms with van der Waals surface area (Å²) in [5.41, 5.74) is 1.95. The average Bonchev–Trinajstić information content (AvgIpc) is 2.86. The molecule has 3 aromatic carbocycles. The van der Waals surface area contributed by atoms with Gasteiger partial charge in [-0.15, -0.1) is 0 Å². The van der Waals surface area contributed by atoms with Crippen LogP contribution in [0.3, 0.4) is 0 Å². The lowest BCUT2D eigenvalue weighted by Gasteiger charge is -2.34. The summed E-state index contributed by atoms with van der Waals surface area (Å²) < 4.78 is 5.58. The summed E-state index contributed by atoms with van der Waals surface area (Å²) >= 11 is 0. The third kappa shape index (κ3) is 6.29. The zero-order valence-corrected chi connectivity index (χ0v) is 20.5. The topological polar surface area (TPSA) is 44.8 Å². The third-order valence-corrected chi connectivity index (χ3v) is 6.74. The normalized spacial score (nSPS) is 16.4. The SMILES string of the molecule is CCOc1ccc(CN(CCCN2CCCCC2C)C(=O)Nc2cccc3ccccc23)cc1. The van der Waals surface area contributed by atoms with E-state index in [1.54, 1.807) is 0 Å². The van der Waals surface area contributed by atoms with Crippen LogP contribution < -0.4 is 10.1 Å². The van der Waals surface area contributed by atoms with Crippen LogP contribution in [0.25, 0.3) is 10.8 Å². The molecule has 1 N–H and O–H groups in total. The van der Waals surface area contributed by atoms with E-state index in [4.69, 9.17) is 4.74 Å². The van der Waals surface area contributed by atoms with Gasteiger partial charge in [0.2, 0.25) is 0 Å². The molecule has 1 aliphatic heterocycles. The first-order valence-corrected chi connectivity index (χ1v) is 12.6. The van der Waals surface area contributed by atoms with E-state index in [-0.39, 0.29) is 6.03 Å². The second-order valence-corrected chi connectivity index (χ2v) is 9.19. The molecule has 2 amide bonds. The molecule has 4 rings (SSSR count). The van der Waals surface area contributed by atoms with Crippen LogP contribution in [-0.4, -0.2) is 48.1 Å². The van der Waals surface area contributed by atoms with Gasteiger partial charge < -0.3 is 19.9 Å². The molecule has 1 unspecified atom stereocenters. The van der Waals surface area contributed by atoms with E-state index in [1.165, 1.54) is 25.8 Å². The second kappa shape index (κ2) is 11.9. The number of benzene rings is 3. The van der Waals surface area contributed by atoms with Crippen molar-refractivity contribution in [2.24, 2.45) is 0 Å². The Labute approximate surface area is 203 Å². The second-order valence-electron chi connectivity index (χ2n) is 9.19. The molecule has 0 spiro atoms. The predicted octanol–water partition coefficient (Wildman–Crippen LogP) is 6.54. The lowest BCUT2D eigenvalue weighted by molar-refractivity contribution is 0.150. The van der Waals surface area contributed by atoms with Gasteiger partial charge in [0.1, 0.15) is 5.75 Å². The molecule has 1 heterocycles. The number of rotatable bonds is 9. The van der Waals surface area contributed by atoms with Gasteiger partial charge in [0.05, 0.1) is 12.3 Å². The molecule has 1 fully saturated rings. The highest BCUT2D eigenvalue weighted by atomic mass is 16.5. The Morgan fingerprint density at radius 2 is 1.85 bits per heavy atom. The van der Waals surface area contributed by atoms with Gasteiger partial charge in [-0.05, 0) is 68.8 Å². The standard InChI is InChI=1S/C29H37N3O2/c1-3-34-26-17-15-24(16-18-26)22-32(21-9-20-31-19-7-6-10-23(31)2)29(33)30-28-14-8-12-25-11-4-5-13-27(25)28/h4-5,8,11-18,23H,3,6-7,9-10,19-22H2,1-2H3,(H,30,33). The first kappa shape index (κ1) is 24.1. The minimum atomic E-state index is -0.0584. The lowest BCUT2D eigenvalue weighted by atomic mass is 10.0. The van der Waals surface area contributed by atoms with Crippen molar-refractivity contribution in [2.45, 2.75) is 52.1 Å². The fourth-order valence-corrected chi connectivity index (χ4v) is 4.81. The van der Waals surface area contributed by atoms with Gasteiger partial charge in [-0.2, -0.15) is 0 Å². The Morgan fingerprint density at radius 3 is 2.65 bits per heavy atom. The van der Waals surface area contributed by atoms with Crippen molar-refractivity contribution in [2.75, 3.05) is 31.6 Å². The summed E-state index contributed by atoms with van der Waals surface area (Å²) in [5.74, 6) is 0.858. The Morgan fingerprint density at radius 1 is 1.06 bits per heavy atom. The van der Waals surface area contributed by atoms with Crippen LogP contribution in [0.1, 0.15) is 45.1 Å². The number of urea groups is 1. The molecule has 1 saturated heterocycles. The van der Waals surface area contributed by atoms with Gasteiger partial charge in [-0.3, -0.25) is 0 Å². The minimum absolute atomic E-state index is 0.0584. The van der Waals surface area contributed by atoms with E-state index in [1.807, 2.05) is 48.2 Å². The van der Waals surface area contributed by atoms with Crippen molar-refractivity contribution in [1.82, 2.24) is 9.80 Å².